The molecule has 0 spiro atoms. The Morgan fingerprint density at radius 3 is 2.35 bits per heavy atom. The molecule has 1 saturated heterocycles. The van der Waals surface area contributed by atoms with Gasteiger partial charge in [0.25, 0.3) is 0 Å². The molecule has 0 bridgehead atoms. The van der Waals surface area contributed by atoms with Gasteiger partial charge in [-0.3, -0.25) is 0 Å². The molecule has 2 aromatic rings. The smallest absolute Gasteiger partial charge is 0.410 e. The third kappa shape index (κ3) is 5.85. The van der Waals surface area contributed by atoms with Crippen LogP contribution in [0.4, 0.5) is 9.18 Å². The fourth-order valence-corrected chi connectivity index (χ4v) is 2.78. The Bertz CT molecular complexity index is 675. The van der Waals surface area contributed by atoms with E-state index in [2.05, 4.69) is 12.1 Å². The van der Waals surface area contributed by atoms with E-state index < -0.39 is 0 Å². The zero-order chi connectivity index (χ0) is 18.9. The molecule has 3 rings (SSSR count). The normalized spacial score (nSPS) is 17.8. The maximum atomic E-state index is 12.0. The minimum Gasteiger partial charge on any atom is -0.446 e. The summed E-state index contributed by atoms with van der Waals surface area (Å²) in [6.07, 6.45) is 0.887. The highest BCUT2D eigenvalue weighted by molar-refractivity contribution is 5.69. The molecule has 140 valence electrons. The summed E-state index contributed by atoms with van der Waals surface area (Å²) in [4.78, 5) is 13.7. The van der Waals surface area contributed by atoms with Crippen LogP contribution in [0.1, 0.15) is 36.9 Å². The summed E-state index contributed by atoms with van der Waals surface area (Å²) < 4.78 is 17.2. The van der Waals surface area contributed by atoms with Crippen molar-refractivity contribution in [1.29, 1.82) is 0 Å². The largest absolute Gasteiger partial charge is 0.446 e. The van der Waals surface area contributed by atoms with E-state index in [0.717, 1.165) is 12.0 Å². The average molecular weight is 359 g/mol. The number of amides is 1. The first kappa shape index (κ1) is 19.9. The molecule has 0 saturated carbocycles. The third-order valence-corrected chi connectivity index (χ3v) is 4.41. The van der Waals surface area contributed by atoms with Crippen molar-refractivity contribution in [2.45, 2.75) is 38.8 Å². The second-order valence-corrected chi connectivity index (χ2v) is 6.38. The van der Waals surface area contributed by atoms with Crippen molar-refractivity contribution < 1.29 is 19.0 Å². The quantitative estimate of drug-likeness (QED) is 0.876. The SMILES string of the molecule is Cc1ccc(C(C)N2CCC(CCO)OC2=O)cc1.Fc1ccccc1. The topological polar surface area (TPSA) is 49.8 Å². The van der Waals surface area contributed by atoms with E-state index in [4.69, 9.17) is 9.84 Å². The number of rotatable bonds is 4. The maximum Gasteiger partial charge on any atom is 0.410 e. The number of nitrogens with zero attached hydrogens (tertiary/aromatic N) is 1. The molecule has 1 amide bonds. The minimum atomic E-state index is -0.280. The highest BCUT2D eigenvalue weighted by atomic mass is 19.1. The van der Waals surface area contributed by atoms with E-state index in [0.29, 0.717) is 13.0 Å². The highest BCUT2D eigenvalue weighted by Gasteiger charge is 2.30. The molecule has 1 heterocycles. The molecule has 1 N–H and O–H groups in total. The van der Waals surface area contributed by atoms with Crippen LogP contribution in [0.2, 0.25) is 0 Å². The molecule has 5 heteroatoms. The van der Waals surface area contributed by atoms with Gasteiger partial charge in [0.1, 0.15) is 11.9 Å². The summed E-state index contributed by atoms with van der Waals surface area (Å²) in [6, 6.07) is 16.2. The predicted octanol–water partition coefficient (Wildman–Crippen LogP) is 4.48. The number of ether oxygens (including phenoxy) is 1. The van der Waals surface area contributed by atoms with Gasteiger partial charge >= 0.3 is 6.09 Å². The van der Waals surface area contributed by atoms with Gasteiger partial charge in [0.15, 0.2) is 0 Å². The minimum absolute atomic E-state index is 0.0168. The van der Waals surface area contributed by atoms with Gasteiger partial charge in [-0.25, -0.2) is 9.18 Å². The number of hydrogen-bond donors (Lipinski definition) is 1. The number of hydrogen-bond acceptors (Lipinski definition) is 3. The van der Waals surface area contributed by atoms with E-state index in [1.165, 1.54) is 17.7 Å². The molecule has 0 aromatic heterocycles. The molecule has 4 nitrogen and oxygen atoms in total. The summed E-state index contributed by atoms with van der Waals surface area (Å²) in [5, 5.41) is 8.88. The number of cyclic esters (lactones) is 1. The van der Waals surface area contributed by atoms with E-state index >= 15 is 0 Å². The maximum absolute atomic E-state index is 12.0. The van der Waals surface area contributed by atoms with Crippen LogP contribution < -0.4 is 0 Å². The Kier molecular flexibility index (Phi) is 7.60. The Morgan fingerprint density at radius 1 is 1.19 bits per heavy atom. The monoisotopic (exact) mass is 359 g/mol. The summed E-state index contributed by atoms with van der Waals surface area (Å²) in [6.45, 7) is 4.80. The zero-order valence-corrected chi connectivity index (χ0v) is 15.3. The number of benzene rings is 2. The summed E-state index contributed by atoms with van der Waals surface area (Å²) in [5.74, 6) is -0.178. The van der Waals surface area contributed by atoms with Crippen molar-refractivity contribution in [2.24, 2.45) is 0 Å². The molecule has 0 aliphatic carbocycles. The standard InChI is InChI=1S/C15H21NO3.C6H5F/c1-11-3-5-13(6-4-11)12(2)16-9-7-14(8-10-17)19-15(16)18;7-6-4-2-1-3-5-6/h3-6,12,14,17H,7-10H2,1-2H3;1-5H. The van der Waals surface area contributed by atoms with Crippen LogP contribution in [0.15, 0.2) is 54.6 Å². The lowest BCUT2D eigenvalue weighted by atomic mass is 10.0. The van der Waals surface area contributed by atoms with E-state index in [1.807, 2.05) is 26.0 Å². The number of carbonyl (C=O) groups excluding carboxylic acids is 1. The molecular weight excluding hydrogens is 333 g/mol. The third-order valence-electron chi connectivity index (χ3n) is 4.41. The molecule has 0 radical (unpaired) electrons. The van der Waals surface area contributed by atoms with Crippen molar-refractivity contribution in [3.63, 3.8) is 0 Å². The number of aliphatic hydroxyl groups is 1. The number of carbonyl (C=O) groups is 1. The van der Waals surface area contributed by atoms with Gasteiger partial charge in [-0.05, 0) is 31.5 Å². The fourth-order valence-electron chi connectivity index (χ4n) is 2.78. The first-order chi connectivity index (χ1) is 12.5. The van der Waals surface area contributed by atoms with Crippen LogP contribution in [-0.4, -0.2) is 35.4 Å². The predicted molar refractivity (Wildman–Crippen MR) is 99.3 cm³/mol. The summed E-state index contributed by atoms with van der Waals surface area (Å²) in [5.41, 5.74) is 2.32. The molecule has 26 heavy (non-hydrogen) atoms. The molecule has 1 aliphatic heterocycles. The fraction of sp³-hybridized carbons (Fsp3) is 0.381. The molecular formula is C21H26FNO3. The van der Waals surface area contributed by atoms with Gasteiger partial charge in [0.05, 0.1) is 6.04 Å². The van der Waals surface area contributed by atoms with Crippen molar-refractivity contribution in [3.8, 4) is 0 Å². The van der Waals surface area contributed by atoms with Gasteiger partial charge in [-0.1, -0.05) is 48.0 Å². The second-order valence-electron chi connectivity index (χ2n) is 6.38. The molecule has 2 aromatic carbocycles. The van der Waals surface area contributed by atoms with Gasteiger partial charge in [-0.15, -0.1) is 0 Å². The zero-order valence-electron chi connectivity index (χ0n) is 15.3. The van der Waals surface area contributed by atoms with Crippen LogP contribution >= 0.6 is 0 Å². The second kappa shape index (κ2) is 9.92. The lowest BCUT2D eigenvalue weighted by Gasteiger charge is -2.35. The Morgan fingerprint density at radius 2 is 1.85 bits per heavy atom. The molecule has 1 fully saturated rings. The first-order valence-corrected chi connectivity index (χ1v) is 8.86. The van der Waals surface area contributed by atoms with Crippen molar-refractivity contribution in [1.82, 2.24) is 4.90 Å². The lowest BCUT2D eigenvalue weighted by molar-refractivity contribution is 0.00400. The summed E-state index contributed by atoms with van der Waals surface area (Å²) >= 11 is 0. The van der Waals surface area contributed by atoms with Gasteiger partial charge < -0.3 is 14.7 Å². The van der Waals surface area contributed by atoms with Crippen molar-refractivity contribution in [3.05, 3.63) is 71.5 Å². The van der Waals surface area contributed by atoms with E-state index in [9.17, 15) is 9.18 Å². The molecule has 1 aliphatic rings. The Hall–Kier alpha value is -2.40. The first-order valence-electron chi connectivity index (χ1n) is 8.86. The van der Waals surface area contributed by atoms with Crippen LogP contribution in [-0.2, 0) is 4.74 Å². The van der Waals surface area contributed by atoms with Gasteiger partial charge in [0.2, 0.25) is 0 Å². The van der Waals surface area contributed by atoms with Gasteiger partial charge in [0, 0.05) is 26.0 Å². The number of aryl methyl sites for hydroxylation is 1. The summed E-state index contributed by atoms with van der Waals surface area (Å²) in [7, 11) is 0. The lowest BCUT2D eigenvalue weighted by Crippen LogP contribution is -2.43. The van der Waals surface area contributed by atoms with Crippen LogP contribution in [0, 0.1) is 12.7 Å². The number of aliphatic hydroxyl groups excluding tert-OH is 1. The van der Waals surface area contributed by atoms with Crippen LogP contribution in [0.3, 0.4) is 0 Å². The van der Waals surface area contributed by atoms with E-state index in [-0.39, 0.29) is 30.7 Å². The number of halogens is 1. The van der Waals surface area contributed by atoms with Crippen LogP contribution in [0.5, 0.6) is 0 Å². The Balaban J connectivity index is 0.000000290. The Labute approximate surface area is 154 Å². The average Bonchev–Trinajstić information content (AvgIpc) is 2.63. The molecule has 2 unspecified atom stereocenters. The van der Waals surface area contributed by atoms with Crippen molar-refractivity contribution >= 4 is 6.09 Å². The van der Waals surface area contributed by atoms with Crippen molar-refractivity contribution in [2.75, 3.05) is 13.2 Å². The van der Waals surface area contributed by atoms with E-state index in [1.54, 1.807) is 23.1 Å². The molecule has 2 atom stereocenters. The highest BCUT2D eigenvalue weighted by Crippen LogP contribution is 2.26. The van der Waals surface area contributed by atoms with Crippen LogP contribution in [0.25, 0.3) is 0 Å². The van der Waals surface area contributed by atoms with Gasteiger partial charge in [-0.2, -0.15) is 0 Å².